The Morgan fingerprint density at radius 1 is 1.21 bits per heavy atom. The van der Waals surface area contributed by atoms with Crippen LogP contribution in [0.5, 0.6) is 5.75 Å². The monoisotopic (exact) mass is 457 g/mol. The number of benzene rings is 2. The highest BCUT2D eigenvalue weighted by Gasteiger charge is 2.30. The molecule has 1 aromatic heterocycles. The fourth-order valence-electron chi connectivity index (χ4n) is 3.21. The first kappa shape index (κ1) is 18.7. The number of anilines is 1. The normalized spacial score (nSPS) is 15.0. The molecule has 0 fully saturated rings. The number of thiophene rings is 1. The zero-order valence-corrected chi connectivity index (χ0v) is 17.3. The molecule has 1 aliphatic heterocycles. The zero-order chi connectivity index (χ0) is 19.8. The van der Waals surface area contributed by atoms with Crippen LogP contribution in [-0.2, 0) is 11.2 Å². The van der Waals surface area contributed by atoms with Gasteiger partial charge in [-0.2, -0.15) is 0 Å². The second-order valence-electron chi connectivity index (χ2n) is 6.58. The lowest BCUT2D eigenvalue weighted by Crippen LogP contribution is -2.31. The van der Waals surface area contributed by atoms with Gasteiger partial charge >= 0.3 is 5.97 Å². The summed E-state index contributed by atoms with van der Waals surface area (Å²) in [5.41, 5.74) is 3.25. The fourth-order valence-corrected chi connectivity index (χ4v) is 4.48. The lowest BCUT2D eigenvalue weighted by Gasteiger charge is -2.11. The van der Waals surface area contributed by atoms with Crippen LogP contribution in [0.4, 0.5) is 5.69 Å². The molecule has 1 aliphatic rings. The van der Waals surface area contributed by atoms with Crippen molar-refractivity contribution in [2.45, 2.75) is 19.4 Å². The van der Waals surface area contributed by atoms with Crippen molar-refractivity contribution in [2.24, 2.45) is 0 Å². The Morgan fingerprint density at radius 3 is 2.68 bits per heavy atom. The zero-order valence-electron chi connectivity index (χ0n) is 14.9. The Hall–Kier alpha value is -2.64. The van der Waals surface area contributed by atoms with E-state index in [4.69, 9.17) is 4.74 Å². The molecule has 0 saturated carbocycles. The molecule has 1 atom stereocenters. The maximum Gasteiger partial charge on any atom is 0.339 e. The van der Waals surface area contributed by atoms with Crippen molar-refractivity contribution in [1.29, 1.82) is 0 Å². The molecule has 5 nitrogen and oxygen atoms in total. The Balaban J connectivity index is 1.58. The first-order chi connectivity index (χ1) is 13.4. The Labute approximate surface area is 174 Å². The molecule has 1 unspecified atom stereocenters. The number of rotatable bonds is 4. The summed E-state index contributed by atoms with van der Waals surface area (Å²) < 4.78 is 6.65. The minimum Gasteiger partial charge on any atom is -0.480 e. The van der Waals surface area contributed by atoms with E-state index in [2.05, 4.69) is 21.2 Å². The lowest BCUT2D eigenvalue weighted by molar-refractivity contribution is -0.122. The molecule has 142 valence electrons. The molecule has 1 amide bonds. The molecule has 2 N–H and O–H groups in total. The number of aryl methyl sites for hydroxylation is 1. The second-order valence-corrected chi connectivity index (χ2v) is 8.37. The van der Waals surface area contributed by atoms with Crippen molar-refractivity contribution in [3.05, 3.63) is 69.0 Å². The van der Waals surface area contributed by atoms with Gasteiger partial charge in [-0.05, 0) is 36.2 Å². The summed E-state index contributed by atoms with van der Waals surface area (Å²) in [4.78, 5) is 25.2. The van der Waals surface area contributed by atoms with Gasteiger partial charge in [0.15, 0.2) is 6.10 Å². The highest BCUT2D eigenvalue weighted by molar-refractivity contribution is 9.10. The number of halogens is 1. The van der Waals surface area contributed by atoms with Crippen molar-refractivity contribution < 1.29 is 19.4 Å². The Bertz CT molecular complexity index is 1070. The number of hydrogen-bond donors (Lipinski definition) is 2. The van der Waals surface area contributed by atoms with Gasteiger partial charge < -0.3 is 15.2 Å². The van der Waals surface area contributed by atoms with Gasteiger partial charge in [-0.3, -0.25) is 4.79 Å². The van der Waals surface area contributed by atoms with Crippen LogP contribution in [-0.4, -0.2) is 23.1 Å². The molecule has 7 heteroatoms. The van der Waals surface area contributed by atoms with E-state index >= 15 is 0 Å². The molecule has 0 spiro atoms. The van der Waals surface area contributed by atoms with E-state index in [9.17, 15) is 14.7 Å². The van der Waals surface area contributed by atoms with Gasteiger partial charge in [-0.15, -0.1) is 11.3 Å². The number of carbonyl (C=O) groups excluding carboxylic acids is 1. The van der Waals surface area contributed by atoms with E-state index in [1.165, 1.54) is 11.3 Å². The molecule has 0 saturated heterocycles. The number of aromatic carboxylic acids is 1. The topological polar surface area (TPSA) is 75.6 Å². The second kappa shape index (κ2) is 7.41. The SMILES string of the molecule is Cc1ccc2c(c1)CC(C(=O)Nc1csc(-c3ccc(Br)cc3)c1C(=O)O)O2. The van der Waals surface area contributed by atoms with Crippen LogP contribution in [0.25, 0.3) is 10.4 Å². The average molecular weight is 458 g/mol. The summed E-state index contributed by atoms with van der Waals surface area (Å²) in [7, 11) is 0. The molecule has 28 heavy (non-hydrogen) atoms. The molecular weight excluding hydrogens is 442 g/mol. The van der Waals surface area contributed by atoms with E-state index in [0.29, 0.717) is 17.0 Å². The standard InChI is InChI=1S/C21H16BrNO4S/c1-11-2-7-16-13(8-11)9-17(27-16)20(24)23-15-10-28-19(18(15)21(25)26)12-3-5-14(22)6-4-12/h2-8,10,17H,9H2,1H3,(H,23,24)(H,25,26). The number of ether oxygens (including phenoxy) is 1. The number of fused-ring (bicyclic) bond motifs is 1. The van der Waals surface area contributed by atoms with Crippen molar-refractivity contribution >= 4 is 44.8 Å². The van der Waals surface area contributed by atoms with E-state index in [1.807, 2.05) is 49.4 Å². The number of nitrogens with one attached hydrogen (secondary N) is 1. The van der Waals surface area contributed by atoms with Crippen LogP contribution in [0.2, 0.25) is 0 Å². The molecule has 3 aromatic rings. The van der Waals surface area contributed by atoms with Gasteiger partial charge in [0.2, 0.25) is 0 Å². The largest absolute Gasteiger partial charge is 0.480 e. The number of carbonyl (C=O) groups is 2. The molecule has 2 heterocycles. The maximum atomic E-state index is 12.7. The quantitative estimate of drug-likeness (QED) is 0.569. The van der Waals surface area contributed by atoms with Crippen LogP contribution in [0.15, 0.2) is 52.3 Å². The fraction of sp³-hybridized carbons (Fsp3) is 0.143. The summed E-state index contributed by atoms with van der Waals surface area (Å²) in [5.74, 6) is -0.734. The molecule has 0 bridgehead atoms. The van der Waals surface area contributed by atoms with E-state index < -0.39 is 12.1 Å². The third-order valence-corrected chi connectivity index (χ3v) is 6.11. The summed E-state index contributed by atoms with van der Waals surface area (Å²) in [6, 6.07) is 13.2. The van der Waals surface area contributed by atoms with Crippen molar-refractivity contribution in [3.8, 4) is 16.2 Å². The van der Waals surface area contributed by atoms with Crippen LogP contribution in [0, 0.1) is 6.92 Å². The van der Waals surface area contributed by atoms with Gasteiger partial charge in [-0.1, -0.05) is 45.8 Å². The summed E-state index contributed by atoms with van der Waals surface area (Å²) in [5, 5.41) is 14.1. The van der Waals surface area contributed by atoms with Crippen LogP contribution >= 0.6 is 27.3 Å². The van der Waals surface area contributed by atoms with Crippen molar-refractivity contribution in [1.82, 2.24) is 0 Å². The lowest BCUT2D eigenvalue weighted by atomic mass is 10.1. The number of hydrogen-bond acceptors (Lipinski definition) is 4. The summed E-state index contributed by atoms with van der Waals surface area (Å²) >= 11 is 4.66. The Morgan fingerprint density at radius 2 is 1.96 bits per heavy atom. The molecule has 0 radical (unpaired) electrons. The summed E-state index contributed by atoms with van der Waals surface area (Å²) in [6.45, 7) is 1.99. The minimum absolute atomic E-state index is 0.0898. The first-order valence-electron chi connectivity index (χ1n) is 8.60. The van der Waals surface area contributed by atoms with Crippen LogP contribution in [0.1, 0.15) is 21.5 Å². The molecule has 0 aliphatic carbocycles. The van der Waals surface area contributed by atoms with Crippen molar-refractivity contribution in [2.75, 3.05) is 5.32 Å². The minimum atomic E-state index is -1.08. The third-order valence-electron chi connectivity index (χ3n) is 4.55. The maximum absolute atomic E-state index is 12.7. The smallest absolute Gasteiger partial charge is 0.339 e. The summed E-state index contributed by atoms with van der Waals surface area (Å²) in [6.07, 6.45) is -0.205. The van der Waals surface area contributed by atoms with E-state index in [1.54, 1.807) is 5.38 Å². The van der Waals surface area contributed by atoms with Crippen LogP contribution in [0.3, 0.4) is 0 Å². The highest BCUT2D eigenvalue weighted by Crippen LogP contribution is 2.37. The number of amides is 1. The molecule has 2 aromatic carbocycles. The van der Waals surface area contributed by atoms with Gasteiger partial charge in [-0.25, -0.2) is 4.79 Å². The number of carboxylic acids is 1. The predicted molar refractivity (Wildman–Crippen MR) is 112 cm³/mol. The highest BCUT2D eigenvalue weighted by atomic mass is 79.9. The molecular formula is C21H16BrNO4S. The average Bonchev–Trinajstić information content (AvgIpc) is 3.26. The van der Waals surface area contributed by atoms with Gasteiger partial charge in [0.05, 0.1) is 10.6 Å². The van der Waals surface area contributed by atoms with Gasteiger partial charge in [0.1, 0.15) is 11.3 Å². The first-order valence-corrected chi connectivity index (χ1v) is 10.3. The van der Waals surface area contributed by atoms with E-state index in [0.717, 1.165) is 21.2 Å². The predicted octanol–water partition coefficient (Wildman–Crippen LogP) is 5.13. The van der Waals surface area contributed by atoms with Crippen LogP contribution < -0.4 is 10.1 Å². The van der Waals surface area contributed by atoms with Crippen molar-refractivity contribution in [3.63, 3.8) is 0 Å². The Kier molecular flexibility index (Phi) is 4.95. The van der Waals surface area contributed by atoms with Gasteiger partial charge in [0, 0.05) is 16.3 Å². The number of carboxylic acid groups (broad SMARTS) is 1. The van der Waals surface area contributed by atoms with E-state index in [-0.39, 0.29) is 17.2 Å². The molecule has 4 rings (SSSR count). The van der Waals surface area contributed by atoms with Gasteiger partial charge in [0.25, 0.3) is 5.91 Å². The third kappa shape index (κ3) is 3.55.